The van der Waals surface area contributed by atoms with Gasteiger partial charge in [-0.05, 0) is 51.2 Å². The van der Waals surface area contributed by atoms with Crippen molar-refractivity contribution in [1.82, 2.24) is 9.29 Å². The highest BCUT2D eigenvalue weighted by molar-refractivity contribution is 14.2. The van der Waals surface area contributed by atoms with Crippen LogP contribution in [-0.2, 0) is 0 Å². The second-order valence-electron chi connectivity index (χ2n) is 5.53. The Hall–Kier alpha value is -1.22. The van der Waals surface area contributed by atoms with Crippen LogP contribution >= 0.6 is 42.3 Å². The lowest BCUT2D eigenvalue weighted by molar-refractivity contribution is 0.103. The van der Waals surface area contributed by atoms with Gasteiger partial charge in [-0.15, -0.1) is 0 Å². The summed E-state index contributed by atoms with van der Waals surface area (Å²) in [6.07, 6.45) is 0.508. The van der Waals surface area contributed by atoms with Crippen LogP contribution in [-0.4, -0.2) is 36.3 Å². The van der Waals surface area contributed by atoms with Crippen molar-refractivity contribution in [3.05, 3.63) is 41.6 Å². The first kappa shape index (κ1) is 23.8. The summed E-state index contributed by atoms with van der Waals surface area (Å²) >= 11 is 3.56. The molecule has 5 nitrogen and oxygen atoms in total. The number of aromatic nitrogens is 1. The summed E-state index contributed by atoms with van der Waals surface area (Å²) in [5.41, 5.74) is 3.18. The minimum Gasteiger partial charge on any atom is -0.329 e. The fourth-order valence-corrected chi connectivity index (χ4v) is 4.60. The number of carbonyl (C=O) groups excluding carboxylic acids is 1. The van der Waals surface area contributed by atoms with Crippen LogP contribution in [0.2, 0.25) is 0 Å². The van der Waals surface area contributed by atoms with Crippen LogP contribution in [0.1, 0.15) is 22.5 Å². The van der Waals surface area contributed by atoms with Crippen LogP contribution in [0.15, 0.2) is 30.4 Å². The van der Waals surface area contributed by atoms with Gasteiger partial charge in [0.1, 0.15) is 11.8 Å². The highest BCUT2D eigenvalue weighted by atomic mass is 127. The zero-order valence-electron chi connectivity index (χ0n) is 15.4. The summed E-state index contributed by atoms with van der Waals surface area (Å²) in [5, 5.41) is 12.6. The number of nitrogens with one attached hydrogen (secondary N) is 2. The van der Waals surface area contributed by atoms with Gasteiger partial charge in [0.25, 0.3) is 0 Å². The largest absolute Gasteiger partial charge is 0.329 e. The molecular weight excluding hydrogens is 498 g/mol. The minimum absolute atomic E-state index is 0.0821. The molecule has 1 aromatic carbocycles. The van der Waals surface area contributed by atoms with Crippen molar-refractivity contribution < 1.29 is 9.18 Å². The van der Waals surface area contributed by atoms with Crippen molar-refractivity contribution in [3.63, 3.8) is 0 Å². The van der Waals surface area contributed by atoms with Crippen molar-refractivity contribution in [2.24, 2.45) is 0 Å². The van der Waals surface area contributed by atoms with Crippen LogP contribution < -0.4 is 10.0 Å². The zero-order chi connectivity index (χ0) is 20.4. The highest BCUT2D eigenvalue weighted by Gasteiger charge is 2.19. The SMILES string of the molecule is C=C(C#N)C(=O)c1cc2cc(C)c(NSCCCF)cc2n1SI.CNC. The number of ketones is 1. The average Bonchev–Trinajstić information content (AvgIpc) is 3.01. The topological polar surface area (TPSA) is 69.8 Å². The molecule has 0 aliphatic heterocycles. The molecular formula is C18H22FIN4OS2. The standard InChI is InChI=1S/C16H15FIN3OS2.C2H7N/c1-10-6-12-7-15(16(22)11(2)9-19)21(24-18)14(12)8-13(10)20-23-5-3-4-17;1-3-2/h6-8,20H,2-5H2,1H3;3H,1-2H3. The molecule has 0 fully saturated rings. The number of hydrogen-bond donors (Lipinski definition) is 2. The van der Waals surface area contributed by atoms with E-state index in [4.69, 9.17) is 5.26 Å². The molecule has 27 heavy (non-hydrogen) atoms. The van der Waals surface area contributed by atoms with Crippen molar-refractivity contribution in [2.75, 3.05) is 31.2 Å². The Morgan fingerprint density at radius 3 is 2.63 bits per heavy atom. The molecule has 0 saturated carbocycles. The third kappa shape index (κ3) is 6.41. The number of Topliss-reactive ketones (excluding diaryl/α,β-unsaturated/α-hetero) is 1. The van der Waals surface area contributed by atoms with E-state index in [0.29, 0.717) is 17.9 Å². The predicted octanol–water partition coefficient (Wildman–Crippen LogP) is 5.31. The number of carbonyl (C=O) groups is 1. The number of rotatable bonds is 8. The van der Waals surface area contributed by atoms with E-state index in [1.54, 1.807) is 16.1 Å². The van der Waals surface area contributed by atoms with Gasteiger partial charge >= 0.3 is 0 Å². The maximum absolute atomic E-state index is 12.3. The third-order valence-corrected chi connectivity index (χ3v) is 5.95. The number of allylic oxidation sites excluding steroid dienone is 1. The van der Waals surface area contributed by atoms with Gasteiger partial charge in [-0.2, -0.15) is 5.26 Å². The molecule has 0 bridgehead atoms. The van der Waals surface area contributed by atoms with E-state index in [9.17, 15) is 9.18 Å². The summed E-state index contributed by atoms with van der Waals surface area (Å²) in [7, 11) is 5.12. The van der Waals surface area contributed by atoms with Crippen molar-refractivity contribution in [2.45, 2.75) is 13.3 Å². The van der Waals surface area contributed by atoms with E-state index >= 15 is 0 Å². The second kappa shape index (κ2) is 12.3. The lowest BCUT2D eigenvalue weighted by atomic mass is 10.1. The maximum Gasteiger partial charge on any atom is 0.220 e. The van der Waals surface area contributed by atoms with Gasteiger partial charge in [-0.1, -0.05) is 18.5 Å². The zero-order valence-corrected chi connectivity index (χ0v) is 19.2. The van der Waals surface area contributed by atoms with Gasteiger partial charge in [0.15, 0.2) is 0 Å². The summed E-state index contributed by atoms with van der Waals surface area (Å²) in [4.78, 5) is 12.3. The number of benzene rings is 1. The summed E-state index contributed by atoms with van der Waals surface area (Å²) in [6, 6.07) is 7.53. The third-order valence-electron chi connectivity index (χ3n) is 3.38. The lowest BCUT2D eigenvalue weighted by Gasteiger charge is -2.10. The Balaban J connectivity index is 0.00000114. The normalized spacial score (nSPS) is 10.1. The van der Waals surface area contributed by atoms with Crippen LogP contribution in [0.5, 0.6) is 0 Å². The summed E-state index contributed by atoms with van der Waals surface area (Å²) in [6.45, 7) is 5.16. The number of nitrogens with zero attached hydrogens (tertiary/aromatic N) is 2. The molecule has 146 valence electrons. The Labute approximate surface area is 180 Å². The van der Waals surface area contributed by atoms with E-state index < -0.39 is 0 Å². The molecule has 0 radical (unpaired) electrons. The van der Waals surface area contributed by atoms with E-state index in [-0.39, 0.29) is 18.0 Å². The first-order valence-corrected chi connectivity index (χ1v) is 12.4. The van der Waals surface area contributed by atoms with E-state index in [1.807, 2.05) is 33.2 Å². The van der Waals surface area contributed by atoms with Crippen LogP contribution in [0.25, 0.3) is 10.9 Å². The van der Waals surface area contributed by atoms with Crippen LogP contribution in [0, 0.1) is 18.3 Å². The molecule has 2 aromatic rings. The van der Waals surface area contributed by atoms with E-state index in [1.165, 1.54) is 21.1 Å². The number of anilines is 1. The van der Waals surface area contributed by atoms with Gasteiger partial charge in [0.2, 0.25) is 5.78 Å². The Bertz CT molecular complexity index is 848. The molecule has 0 atom stereocenters. The van der Waals surface area contributed by atoms with E-state index in [0.717, 1.165) is 22.2 Å². The molecule has 0 aliphatic rings. The Morgan fingerprint density at radius 1 is 1.41 bits per heavy atom. The van der Waals surface area contributed by atoms with Gasteiger partial charge in [-0.3, -0.25) is 13.2 Å². The van der Waals surface area contributed by atoms with Crippen LogP contribution in [0.4, 0.5) is 10.1 Å². The number of halogens is 2. The summed E-state index contributed by atoms with van der Waals surface area (Å²) < 4.78 is 17.2. The number of hydrogen-bond acceptors (Lipinski definition) is 6. The molecule has 0 saturated heterocycles. The van der Waals surface area contributed by atoms with Crippen molar-refractivity contribution in [1.29, 1.82) is 5.26 Å². The van der Waals surface area contributed by atoms with Gasteiger partial charge in [-0.25, -0.2) is 0 Å². The van der Waals surface area contributed by atoms with Crippen molar-refractivity contribution in [3.8, 4) is 6.07 Å². The first-order valence-electron chi connectivity index (χ1n) is 8.06. The molecule has 1 aromatic heterocycles. The number of fused-ring (bicyclic) bond motifs is 1. The highest BCUT2D eigenvalue weighted by Crippen LogP contribution is 2.33. The van der Waals surface area contributed by atoms with Gasteiger partial charge in [0.05, 0.1) is 17.8 Å². The predicted molar refractivity (Wildman–Crippen MR) is 124 cm³/mol. The van der Waals surface area contributed by atoms with Crippen molar-refractivity contribution >= 4 is 64.6 Å². The fourth-order valence-electron chi connectivity index (χ4n) is 2.15. The molecule has 0 unspecified atom stereocenters. The minimum atomic E-state index is -0.373. The molecule has 9 heteroatoms. The molecule has 1 heterocycles. The Kier molecular flexibility index (Phi) is 10.8. The molecule has 0 spiro atoms. The first-order chi connectivity index (χ1) is 12.9. The fraction of sp³-hybridized carbons (Fsp3) is 0.333. The smallest absolute Gasteiger partial charge is 0.220 e. The quantitative estimate of drug-likeness (QED) is 0.123. The molecule has 0 amide bonds. The Morgan fingerprint density at radius 2 is 2.07 bits per heavy atom. The lowest BCUT2D eigenvalue weighted by Crippen LogP contribution is -2.05. The average molecular weight is 520 g/mol. The number of aryl methyl sites for hydroxylation is 1. The second-order valence-corrected chi connectivity index (χ2v) is 8.12. The van der Waals surface area contributed by atoms with Gasteiger partial charge in [0, 0.05) is 47.2 Å². The molecule has 2 N–H and O–H groups in total. The maximum atomic E-state index is 12.3. The molecule has 2 rings (SSSR count). The summed E-state index contributed by atoms with van der Waals surface area (Å²) in [5.74, 6) is 0.309. The number of alkyl halides is 1. The number of nitriles is 1. The molecule has 0 aliphatic carbocycles. The van der Waals surface area contributed by atoms with Gasteiger partial charge < -0.3 is 10.0 Å². The van der Waals surface area contributed by atoms with E-state index in [2.05, 4.69) is 37.8 Å². The van der Waals surface area contributed by atoms with Crippen LogP contribution in [0.3, 0.4) is 0 Å². The monoisotopic (exact) mass is 520 g/mol.